The molecule has 2 aromatic heterocycles. The molecule has 1 aromatic carbocycles. The van der Waals surface area contributed by atoms with Gasteiger partial charge in [0.15, 0.2) is 22.8 Å². The molecule has 0 bridgehead atoms. The fourth-order valence-electron chi connectivity index (χ4n) is 9.12. The predicted molar refractivity (Wildman–Crippen MR) is 155 cm³/mol. The van der Waals surface area contributed by atoms with Crippen LogP contribution in [0.2, 0.25) is 0 Å². The number of oxazole rings is 1. The number of carbonyl (C=O) groups excluding carboxylic acids is 3. The van der Waals surface area contributed by atoms with E-state index in [1.54, 1.807) is 6.07 Å². The Morgan fingerprint density at radius 2 is 1.95 bits per heavy atom. The topological polar surface area (TPSA) is 120 Å². The molecule has 0 saturated heterocycles. The van der Waals surface area contributed by atoms with E-state index < -0.39 is 23.1 Å². The highest BCUT2D eigenvalue weighted by atomic mass is 32.2. The number of carbonyl (C=O) groups is 3. The minimum absolute atomic E-state index is 0.00974. The summed E-state index contributed by atoms with van der Waals surface area (Å²) in [5, 5.41) is 12.3. The highest BCUT2D eigenvalue weighted by molar-refractivity contribution is 7.99. The van der Waals surface area contributed by atoms with Crippen molar-refractivity contribution in [2.24, 2.45) is 28.6 Å². The van der Waals surface area contributed by atoms with E-state index in [-0.39, 0.29) is 46.2 Å². The maximum Gasteiger partial charge on any atom is 0.375 e. The predicted octanol–water partition coefficient (Wildman–Crippen LogP) is 6.18. The lowest BCUT2D eigenvalue weighted by atomic mass is 9.45. The summed E-state index contributed by atoms with van der Waals surface area (Å²) in [6.45, 7) is 4.23. The van der Waals surface area contributed by atoms with Crippen LogP contribution in [0.5, 0.6) is 0 Å². The van der Waals surface area contributed by atoms with Crippen LogP contribution in [0, 0.1) is 28.6 Å². The third-order valence-corrected chi connectivity index (χ3v) is 11.9. The van der Waals surface area contributed by atoms with Crippen molar-refractivity contribution in [2.75, 3.05) is 5.75 Å². The molecule has 5 unspecified atom stereocenters. The number of benzene rings is 1. The largest absolute Gasteiger partial charge is 0.457 e. The monoisotopic (exact) mass is 589 g/mol. The zero-order valence-electron chi connectivity index (χ0n) is 23.8. The Morgan fingerprint density at radius 1 is 1.12 bits per heavy atom. The van der Waals surface area contributed by atoms with Crippen molar-refractivity contribution in [3.63, 3.8) is 0 Å². The normalized spacial score (nSPS) is 35.7. The number of fused-ring (bicyclic) bond motifs is 6. The van der Waals surface area contributed by atoms with Gasteiger partial charge in [-0.05, 0) is 92.0 Å². The van der Waals surface area contributed by atoms with Crippen LogP contribution in [0.25, 0.3) is 11.1 Å². The number of aromatic nitrogens is 1. The highest BCUT2D eigenvalue weighted by Gasteiger charge is 2.70. The molecule has 1 N–H and O–H groups in total. The van der Waals surface area contributed by atoms with Gasteiger partial charge in [-0.2, -0.15) is 0 Å². The molecular weight excluding hydrogens is 554 g/mol. The van der Waals surface area contributed by atoms with Gasteiger partial charge in [0, 0.05) is 11.8 Å². The number of Topliss-reactive ketones (excluding diaryl/α,β-unsaturated/α-hetero) is 1. The number of ether oxygens (including phenoxy) is 1. The lowest BCUT2D eigenvalue weighted by Crippen LogP contribution is -2.63. The summed E-state index contributed by atoms with van der Waals surface area (Å²) in [6, 6.07) is 10.6. The fourth-order valence-corrected chi connectivity index (χ4v) is 9.92. The molecule has 0 spiro atoms. The van der Waals surface area contributed by atoms with Crippen molar-refractivity contribution in [2.45, 2.75) is 75.7 Å². The Bertz CT molecular complexity index is 1560. The van der Waals surface area contributed by atoms with E-state index in [1.807, 2.05) is 37.3 Å². The number of nitrogens with zero attached hydrogens (tertiary/aromatic N) is 1. The Morgan fingerprint density at radius 3 is 2.74 bits per heavy atom. The van der Waals surface area contributed by atoms with E-state index in [0.717, 1.165) is 24.8 Å². The third-order valence-electron chi connectivity index (χ3n) is 11.1. The van der Waals surface area contributed by atoms with Crippen molar-refractivity contribution in [3.8, 4) is 0 Å². The summed E-state index contributed by atoms with van der Waals surface area (Å²) >= 11 is 1.20. The molecule has 4 aliphatic rings. The number of hydrogen-bond donors (Lipinski definition) is 1. The molecule has 7 rings (SSSR count). The van der Waals surface area contributed by atoms with Gasteiger partial charge in [-0.1, -0.05) is 43.3 Å². The summed E-state index contributed by atoms with van der Waals surface area (Å²) in [6.07, 6.45) is 6.82. The second kappa shape index (κ2) is 9.95. The van der Waals surface area contributed by atoms with Crippen LogP contribution >= 0.6 is 11.8 Å². The first-order valence-corrected chi connectivity index (χ1v) is 15.8. The van der Waals surface area contributed by atoms with Crippen LogP contribution in [0.1, 0.15) is 69.3 Å². The van der Waals surface area contributed by atoms with Crippen molar-refractivity contribution in [1.82, 2.24) is 4.98 Å². The molecule has 0 aliphatic heterocycles. The summed E-state index contributed by atoms with van der Waals surface area (Å²) in [5.41, 5.74) is 0.0411. The standard InChI is InChI=1S/C33H35NO7S/c1-31-13-11-20(35)16-19(31)9-10-21-22-12-14-33(32(22,2)17-24(36)28(21)31,41-29(38)26-8-5-15-39-26)27(37)18-42-30-34-23-6-3-4-7-25(23)40-30/h3-8,15-16,21-22,24,28,36H,9-14,17-18H2,1-2H3/t21?,22?,24-,28?,31?,32?,33-/m0/s1. The molecule has 4 aliphatic carbocycles. The number of ketones is 2. The Kier molecular flexibility index (Phi) is 6.55. The Hall–Kier alpha value is -3.17. The number of thioether (sulfide) groups is 1. The van der Waals surface area contributed by atoms with Crippen LogP contribution in [0.4, 0.5) is 0 Å². The summed E-state index contributed by atoms with van der Waals surface area (Å²) in [5.74, 6) is -0.451. The van der Waals surface area contributed by atoms with Crippen LogP contribution in [0.15, 0.2) is 68.4 Å². The van der Waals surface area contributed by atoms with Gasteiger partial charge in [0.2, 0.25) is 5.76 Å². The van der Waals surface area contributed by atoms with E-state index in [2.05, 4.69) is 11.9 Å². The van der Waals surface area contributed by atoms with E-state index >= 15 is 0 Å². The van der Waals surface area contributed by atoms with Gasteiger partial charge in [0.05, 0.1) is 18.1 Å². The first kappa shape index (κ1) is 27.7. The van der Waals surface area contributed by atoms with E-state index in [0.29, 0.717) is 42.0 Å². The minimum atomic E-state index is -1.44. The lowest BCUT2D eigenvalue weighted by molar-refractivity contribution is -0.180. The average Bonchev–Trinajstić information content (AvgIpc) is 3.70. The van der Waals surface area contributed by atoms with Crippen molar-refractivity contribution >= 4 is 40.4 Å². The maximum atomic E-state index is 14.4. The number of allylic oxidation sites excluding steroid dienone is 1. The molecule has 42 heavy (non-hydrogen) atoms. The Labute approximate surface area is 248 Å². The quantitative estimate of drug-likeness (QED) is 0.265. The summed E-state index contributed by atoms with van der Waals surface area (Å²) < 4.78 is 17.5. The fraction of sp³-hybridized carbons (Fsp3) is 0.515. The number of aliphatic hydroxyl groups excluding tert-OH is 1. The molecule has 0 radical (unpaired) electrons. The van der Waals surface area contributed by atoms with Gasteiger partial charge in [0.1, 0.15) is 5.52 Å². The smallest absolute Gasteiger partial charge is 0.375 e. The second-order valence-corrected chi connectivity index (χ2v) is 13.9. The number of esters is 1. The molecule has 3 saturated carbocycles. The molecule has 2 heterocycles. The zero-order valence-corrected chi connectivity index (χ0v) is 24.7. The molecule has 3 aromatic rings. The van der Waals surface area contributed by atoms with Crippen molar-refractivity contribution in [3.05, 3.63) is 60.1 Å². The number of para-hydroxylation sites is 2. The van der Waals surface area contributed by atoms with Gasteiger partial charge >= 0.3 is 5.97 Å². The summed E-state index contributed by atoms with van der Waals surface area (Å²) in [7, 11) is 0. The van der Waals surface area contributed by atoms with Gasteiger partial charge in [0.25, 0.3) is 5.22 Å². The van der Waals surface area contributed by atoms with Crippen molar-refractivity contribution < 1.29 is 33.1 Å². The van der Waals surface area contributed by atoms with Crippen LogP contribution in [0.3, 0.4) is 0 Å². The first-order valence-electron chi connectivity index (χ1n) is 14.9. The third kappa shape index (κ3) is 4.07. The molecular formula is C33H35NO7S. The number of furan rings is 1. The minimum Gasteiger partial charge on any atom is -0.457 e. The number of rotatable bonds is 6. The van der Waals surface area contributed by atoms with Gasteiger partial charge < -0.3 is 18.7 Å². The lowest BCUT2D eigenvalue weighted by Gasteiger charge is -2.60. The molecule has 0 amide bonds. The average molecular weight is 590 g/mol. The first-order chi connectivity index (χ1) is 20.1. The second-order valence-electron chi connectivity index (χ2n) is 13.0. The van der Waals surface area contributed by atoms with Crippen molar-refractivity contribution in [1.29, 1.82) is 0 Å². The van der Waals surface area contributed by atoms with Gasteiger partial charge in [-0.15, -0.1) is 0 Å². The van der Waals surface area contributed by atoms with E-state index in [1.165, 1.54) is 24.1 Å². The van der Waals surface area contributed by atoms with Crippen LogP contribution in [-0.2, 0) is 14.3 Å². The maximum absolute atomic E-state index is 14.4. The number of hydrogen-bond acceptors (Lipinski definition) is 9. The molecule has 220 valence electrons. The highest BCUT2D eigenvalue weighted by Crippen LogP contribution is 2.68. The van der Waals surface area contributed by atoms with Crippen LogP contribution in [-0.4, -0.2) is 45.1 Å². The van der Waals surface area contributed by atoms with Gasteiger partial charge in [-0.25, -0.2) is 9.78 Å². The van der Waals surface area contributed by atoms with E-state index in [4.69, 9.17) is 13.6 Å². The SMILES string of the molecule is CC12CCC(=O)C=C1CCC1C2[C@@H](O)CC2(C)C1CC[C@]2(OC(=O)c1ccco1)C(=O)CSc1nc2ccccc2o1. The number of aliphatic hydroxyl groups is 1. The van der Waals surface area contributed by atoms with Gasteiger partial charge in [-0.3, -0.25) is 9.59 Å². The molecule has 7 atom stereocenters. The molecule has 9 heteroatoms. The van der Waals surface area contributed by atoms with E-state index in [9.17, 15) is 19.5 Å². The summed E-state index contributed by atoms with van der Waals surface area (Å²) in [4.78, 5) is 44.6. The molecule has 3 fully saturated rings. The molecule has 8 nitrogen and oxygen atoms in total. The Balaban J connectivity index is 1.22. The van der Waals surface area contributed by atoms with Crippen LogP contribution < -0.4 is 0 Å². The zero-order chi connectivity index (χ0) is 29.3.